The van der Waals surface area contributed by atoms with Crippen LogP contribution in [0.25, 0.3) is 10.2 Å². The van der Waals surface area contributed by atoms with Crippen molar-refractivity contribution in [1.29, 1.82) is 0 Å². The number of nitrogens with zero attached hydrogens (tertiary/aromatic N) is 3. The minimum atomic E-state index is -0.336. The average molecular weight is 431 g/mol. The molecule has 1 N–H and O–H groups in total. The van der Waals surface area contributed by atoms with Crippen LogP contribution in [0.2, 0.25) is 0 Å². The third-order valence-electron chi connectivity index (χ3n) is 5.24. The van der Waals surface area contributed by atoms with Gasteiger partial charge in [0.05, 0.1) is 22.3 Å². The van der Waals surface area contributed by atoms with Crippen molar-refractivity contribution >= 4 is 27.5 Å². The standard InChI is InChI=1S/C25H26N4OS/c1-15-19-16(2)27-24(25(3,4)5)29-23(19)31-21(15)22(30)28-20(17-11-7-6-8-12-17)18-13-9-10-14-26-18/h6-14,20H,1-5H3,(H,28,30). The van der Waals surface area contributed by atoms with Crippen LogP contribution in [0.1, 0.15) is 64.8 Å². The van der Waals surface area contributed by atoms with Crippen molar-refractivity contribution in [3.8, 4) is 0 Å². The quantitative estimate of drug-likeness (QED) is 0.463. The summed E-state index contributed by atoms with van der Waals surface area (Å²) in [5, 5.41) is 4.16. The number of pyridine rings is 1. The largest absolute Gasteiger partial charge is 0.339 e. The van der Waals surface area contributed by atoms with E-state index in [1.54, 1.807) is 6.20 Å². The Labute approximate surface area is 186 Å². The van der Waals surface area contributed by atoms with E-state index in [9.17, 15) is 4.79 Å². The van der Waals surface area contributed by atoms with E-state index in [2.05, 4.69) is 31.1 Å². The van der Waals surface area contributed by atoms with Gasteiger partial charge in [0.25, 0.3) is 5.91 Å². The van der Waals surface area contributed by atoms with Crippen LogP contribution < -0.4 is 5.32 Å². The Morgan fingerprint density at radius 1 is 1.00 bits per heavy atom. The fourth-order valence-electron chi connectivity index (χ4n) is 3.61. The first-order chi connectivity index (χ1) is 14.8. The second kappa shape index (κ2) is 8.19. The number of hydrogen-bond acceptors (Lipinski definition) is 5. The zero-order valence-corrected chi connectivity index (χ0v) is 19.2. The van der Waals surface area contributed by atoms with Crippen LogP contribution in [0.4, 0.5) is 0 Å². The van der Waals surface area contributed by atoms with Crippen LogP contribution in [0.15, 0.2) is 54.7 Å². The minimum absolute atomic E-state index is 0.128. The van der Waals surface area contributed by atoms with Crippen LogP contribution in [-0.4, -0.2) is 20.9 Å². The summed E-state index contributed by atoms with van der Waals surface area (Å²) < 4.78 is 0. The lowest BCUT2D eigenvalue weighted by atomic mass is 9.95. The molecule has 1 unspecified atom stereocenters. The van der Waals surface area contributed by atoms with Gasteiger partial charge in [-0.3, -0.25) is 9.78 Å². The van der Waals surface area contributed by atoms with Crippen molar-refractivity contribution in [3.05, 3.63) is 87.9 Å². The Balaban J connectivity index is 1.74. The molecule has 3 aromatic heterocycles. The SMILES string of the molecule is Cc1nc(C(C)(C)C)nc2sc(C(=O)NC(c3ccccc3)c3ccccn3)c(C)c12. The molecule has 158 valence electrons. The van der Waals surface area contributed by atoms with Gasteiger partial charge in [0.2, 0.25) is 0 Å². The van der Waals surface area contributed by atoms with Crippen LogP contribution in [-0.2, 0) is 5.41 Å². The first-order valence-electron chi connectivity index (χ1n) is 10.3. The summed E-state index contributed by atoms with van der Waals surface area (Å²) in [5.41, 5.74) is 3.46. The minimum Gasteiger partial charge on any atom is -0.339 e. The van der Waals surface area contributed by atoms with Crippen LogP contribution in [0.3, 0.4) is 0 Å². The van der Waals surface area contributed by atoms with Crippen molar-refractivity contribution < 1.29 is 4.79 Å². The summed E-state index contributed by atoms with van der Waals surface area (Å²) in [6.07, 6.45) is 1.75. The first-order valence-corrected chi connectivity index (χ1v) is 11.1. The van der Waals surface area contributed by atoms with Crippen LogP contribution in [0.5, 0.6) is 0 Å². The van der Waals surface area contributed by atoms with Crippen LogP contribution >= 0.6 is 11.3 Å². The second-order valence-corrected chi connectivity index (χ2v) is 9.69. The molecule has 0 aliphatic rings. The van der Waals surface area contributed by atoms with Gasteiger partial charge in [-0.1, -0.05) is 57.2 Å². The molecule has 4 rings (SSSR count). The molecule has 31 heavy (non-hydrogen) atoms. The number of carbonyl (C=O) groups is 1. The van der Waals surface area contributed by atoms with E-state index >= 15 is 0 Å². The smallest absolute Gasteiger partial charge is 0.262 e. The van der Waals surface area contributed by atoms with E-state index in [0.29, 0.717) is 4.88 Å². The lowest BCUT2D eigenvalue weighted by Crippen LogP contribution is -2.29. The molecule has 0 bridgehead atoms. The molecule has 1 amide bonds. The fourth-order valence-corrected chi connectivity index (χ4v) is 4.74. The van der Waals surface area contributed by atoms with Crippen molar-refractivity contribution in [2.45, 2.75) is 46.1 Å². The number of thiophene rings is 1. The van der Waals surface area contributed by atoms with Crippen molar-refractivity contribution in [1.82, 2.24) is 20.3 Å². The van der Waals surface area contributed by atoms with E-state index in [0.717, 1.165) is 38.6 Å². The number of rotatable bonds is 4. The Hall–Kier alpha value is -3.12. The van der Waals surface area contributed by atoms with Gasteiger partial charge >= 0.3 is 0 Å². The Kier molecular flexibility index (Phi) is 5.58. The monoisotopic (exact) mass is 430 g/mol. The highest BCUT2D eigenvalue weighted by molar-refractivity contribution is 7.20. The van der Waals surface area contributed by atoms with Gasteiger partial charge in [0, 0.05) is 17.0 Å². The maximum absolute atomic E-state index is 13.4. The molecule has 0 fully saturated rings. The predicted octanol–water partition coefficient (Wildman–Crippen LogP) is 5.52. The number of nitrogens with one attached hydrogen (secondary N) is 1. The molecule has 0 spiro atoms. The molecule has 6 heteroatoms. The number of aryl methyl sites for hydroxylation is 2. The Morgan fingerprint density at radius 3 is 2.35 bits per heavy atom. The number of carbonyl (C=O) groups excluding carboxylic acids is 1. The van der Waals surface area contributed by atoms with Gasteiger partial charge in [0.1, 0.15) is 10.7 Å². The van der Waals surface area contributed by atoms with Crippen LogP contribution in [0, 0.1) is 13.8 Å². The molecule has 5 nitrogen and oxygen atoms in total. The molecule has 0 radical (unpaired) electrons. The number of hydrogen-bond donors (Lipinski definition) is 1. The summed E-state index contributed by atoms with van der Waals surface area (Å²) >= 11 is 1.43. The third kappa shape index (κ3) is 4.21. The van der Waals surface area contributed by atoms with E-state index in [4.69, 9.17) is 9.97 Å². The highest BCUT2D eigenvalue weighted by atomic mass is 32.1. The average Bonchev–Trinajstić information content (AvgIpc) is 3.09. The molecule has 1 atom stereocenters. The van der Waals surface area contributed by atoms with Gasteiger partial charge in [0.15, 0.2) is 0 Å². The van der Waals surface area contributed by atoms with E-state index in [-0.39, 0.29) is 17.4 Å². The molecule has 1 aromatic carbocycles. The normalized spacial score (nSPS) is 12.7. The highest BCUT2D eigenvalue weighted by Crippen LogP contribution is 2.33. The fraction of sp³-hybridized carbons (Fsp3) is 0.280. The van der Waals surface area contributed by atoms with Gasteiger partial charge < -0.3 is 5.32 Å². The first kappa shape index (κ1) is 21.1. The Bertz CT molecular complexity index is 1190. The summed E-state index contributed by atoms with van der Waals surface area (Å²) in [7, 11) is 0. The van der Waals surface area contributed by atoms with Gasteiger partial charge in [-0.05, 0) is 37.1 Å². The number of aromatic nitrogens is 3. The molecule has 4 aromatic rings. The van der Waals surface area contributed by atoms with Gasteiger partial charge in [-0.15, -0.1) is 11.3 Å². The van der Waals surface area contributed by atoms with Crippen molar-refractivity contribution in [2.75, 3.05) is 0 Å². The summed E-state index contributed by atoms with van der Waals surface area (Å²) in [6.45, 7) is 10.2. The topological polar surface area (TPSA) is 67.8 Å². The highest BCUT2D eigenvalue weighted by Gasteiger charge is 2.25. The van der Waals surface area contributed by atoms with E-state index in [1.807, 2.05) is 62.4 Å². The summed E-state index contributed by atoms with van der Waals surface area (Å²) in [6, 6.07) is 15.3. The molecule has 0 aliphatic carbocycles. The van der Waals surface area contributed by atoms with Gasteiger partial charge in [-0.25, -0.2) is 9.97 Å². The van der Waals surface area contributed by atoms with Gasteiger partial charge in [-0.2, -0.15) is 0 Å². The second-order valence-electron chi connectivity index (χ2n) is 8.69. The molecular weight excluding hydrogens is 404 g/mol. The molecular formula is C25H26N4OS. The number of amides is 1. The Morgan fingerprint density at radius 2 is 1.71 bits per heavy atom. The summed E-state index contributed by atoms with van der Waals surface area (Å²) in [4.78, 5) is 28.9. The maximum atomic E-state index is 13.4. The zero-order valence-electron chi connectivity index (χ0n) is 18.4. The molecule has 0 aliphatic heterocycles. The molecule has 3 heterocycles. The maximum Gasteiger partial charge on any atom is 0.262 e. The number of benzene rings is 1. The lowest BCUT2D eigenvalue weighted by Gasteiger charge is -2.18. The van der Waals surface area contributed by atoms with Crippen molar-refractivity contribution in [3.63, 3.8) is 0 Å². The zero-order chi connectivity index (χ0) is 22.2. The van der Waals surface area contributed by atoms with Crippen molar-refractivity contribution in [2.24, 2.45) is 0 Å². The number of fused-ring (bicyclic) bond motifs is 1. The third-order valence-corrected chi connectivity index (χ3v) is 6.42. The molecule has 0 saturated carbocycles. The lowest BCUT2D eigenvalue weighted by molar-refractivity contribution is 0.0946. The summed E-state index contributed by atoms with van der Waals surface area (Å²) in [5.74, 6) is 0.665. The molecule has 0 saturated heterocycles. The van der Waals surface area contributed by atoms with E-state index in [1.165, 1.54) is 11.3 Å². The predicted molar refractivity (Wildman–Crippen MR) is 126 cm³/mol. The van der Waals surface area contributed by atoms with E-state index < -0.39 is 0 Å².